The highest BCUT2D eigenvalue weighted by Gasteiger charge is 2.19. The van der Waals surface area contributed by atoms with Gasteiger partial charge in [0.2, 0.25) is 0 Å². The molecule has 2 rings (SSSR count). The van der Waals surface area contributed by atoms with Crippen LogP contribution in [-0.4, -0.2) is 8.42 Å². The predicted octanol–water partition coefficient (Wildman–Crippen LogP) is 2.46. The maximum atomic E-state index is 13.0. The summed E-state index contributed by atoms with van der Waals surface area (Å²) in [5.74, 6) is -0.495. The first-order valence-electron chi connectivity index (χ1n) is 5.50. The van der Waals surface area contributed by atoms with Crippen molar-refractivity contribution in [3.8, 4) is 0 Å². The third kappa shape index (κ3) is 3.12. The normalized spacial score (nSPS) is 11.5. The van der Waals surface area contributed by atoms with Crippen molar-refractivity contribution >= 4 is 27.0 Å². The first kappa shape index (κ1) is 14.0. The molecule has 0 saturated carbocycles. The van der Waals surface area contributed by atoms with Gasteiger partial charge in [-0.05, 0) is 31.2 Å². The lowest BCUT2D eigenvalue weighted by Crippen LogP contribution is -2.13. The molecule has 1 aromatic carbocycles. The van der Waals surface area contributed by atoms with Gasteiger partial charge in [0.25, 0.3) is 10.0 Å². The molecule has 102 valence electrons. The maximum Gasteiger partial charge on any atom is 0.263 e. The Balaban J connectivity index is 2.34. The largest absolute Gasteiger partial charge is 0.326 e. The Morgan fingerprint density at radius 3 is 2.68 bits per heavy atom. The first-order chi connectivity index (χ1) is 8.92. The van der Waals surface area contributed by atoms with Gasteiger partial charge in [-0.1, -0.05) is 6.07 Å². The number of nitrogens with two attached hydrogens (primary N) is 1. The molecule has 0 atom stereocenters. The summed E-state index contributed by atoms with van der Waals surface area (Å²) in [7, 11) is -3.71. The van der Waals surface area contributed by atoms with Gasteiger partial charge in [-0.3, -0.25) is 4.72 Å². The molecule has 0 aliphatic rings. The van der Waals surface area contributed by atoms with E-state index in [0.29, 0.717) is 11.4 Å². The Hall–Kier alpha value is -1.44. The molecule has 0 aliphatic heterocycles. The predicted molar refractivity (Wildman–Crippen MR) is 74.2 cm³/mol. The van der Waals surface area contributed by atoms with Gasteiger partial charge in [0.1, 0.15) is 10.7 Å². The van der Waals surface area contributed by atoms with Crippen LogP contribution in [0.25, 0.3) is 0 Å². The van der Waals surface area contributed by atoms with Crippen molar-refractivity contribution in [2.24, 2.45) is 5.73 Å². The zero-order chi connectivity index (χ0) is 14.0. The first-order valence-corrected chi connectivity index (χ1v) is 7.80. The fraction of sp³-hybridized carbons (Fsp3) is 0.167. The lowest BCUT2D eigenvalue weighted by Gasteiger charge is -2.07. The summed E-state index contributed by atoms with van der Waals surface area (Å²) in [4.78, 5) is 1.63. The lowest BCUT2D eigenvalue weighted by atomic mass is 10.3. The van der Waals surface area contributed by atoms with Crippen LogP contribution in [0.5, 0.6) is 0 Å². The van der Waals surface area contributed by atoms with E-state index in [-0.39, 0.29) is 10.6 Å². The van der Waals surface area contributed by atoms with Crippen LogP contribution < -0.4 is 10.5 Å². The third-order valence-electron chi connectivity index (χ3n) is 2.49. The molecule has 0 aliphatic carbocycles. The Morgan fingerprint density at radius 2 is 2.11 bits per heavy atom. The van der Waals surface area contributed by atoms with E-state index in [9.17, 15) is 12.8 Å². The smallest absolute Gasteiger partial charge is 0.263 e. The minimum atomic E-state index is -3.71. The summed E-state index contributed by atoms with van der Waals surface area (Å²) in [6.45, 7) is 2.00. The van der Waals surface area contributed by atoms with Gasteiger partial charge in [0.05, 0.1) is 5.69 Å². The maximum absolute atomic E-state index is 13.0. The number of hydrogen-bond donors (Lipinski definition) is 2. The van der Waals surface area contributed by atoms with E-state index in [2.05, 4.69) is 4.72 Å². The minimum absolute atomic E-state index is 0.183. The van der Waals surface area contributed by atoms with E-state index in [0.717, 1.165) is 10.9 Å². The minimum Gasteiger partial charge on any atom is -0.326 e. The second-order valence-corrected chi connectivity index (χ2v) is 6.94. The van der Waals surface area contributed by atoms with Crippen LogP contribution in [0.4, 0.5) is 10.1 Å². The molecule has 0 bridgehead atoms. The number of hydrogen-bond acceptors (Lipinski definition) is 4. The number of benzene rings is 1. The van der Waals surface area contributed by atoms with Crippen LogP contribution in [0, 0.1) is 12.7 Å². The molecule has 7 heteroatoms. The molecule has 4 nitrogen and oxygen atoms in total. The summed E-state index contributed by atoms with van der Waals surface area (Å²) in [6.07, 6.45) is 0. The van der Waals surface area contributed by atoms with Crippen molar-refractivity contribution < 1.29 is 12.8 Å². The van der Waals surface area contributed by atoms with Gasteiger partial charge >= 0.3 is 0 Å². The van der Waals surface area contributed by atoms with Crippen molar-refractivity contribution in [1.82, 2.24) is 0 Å². The number of halogens is 1. The molecule has 0 amide bonds. The van der Waals surface area contributed by atoms with Crippen molar-refractivity contribution in [1.29, 1.82) is 0 Å². The summed E-state index contributed by atoms with van der Waals surface area (Å²) >= 11 is 1.34. The van der Waals surface area contributed by atoms with Gasteiger partial charge in [0, 0.05) is 16.3 Å². The molecular formula is C12H13FN2O2S2. The van der Waals surface area contributed by atoms with Gasteiger partial charge in [-0.15, -0.1) is 11.3 Å². The van der Waals surface area contributed by atoms with E-state index in [4.69, 9.17) is 5.73 Å². The fourth-order valence-corrected chi connectivity index (χ4v) is 4.22. The zero-order valence-electron chi connectivity index (χ0n) is 10.2. The average molecular weight is 300 g/mol. The number of rotatable bonds is 4. The number of sulfonamides is 1. The SMILES string of the molecule is Cc1sc(CN)cc1S(=O)(=O)Nc1cccc(F)c1. The van der Waals surface area contributed by atoms with E-state index in [1.807, 2.05) is 0 Å². The van der Waals surface area contributed by atoms with Gasteiger partial charge in [-0.25, -0.2) is 12.8 Å². The fourth-order valence-electron chi connectivity index (χ4n) is 1.65. The molecule has 19 heavy (non-hydrogen) atoms. The Labute approximate surface area is 115 Å². The highest BCUT2D eigenvalue weighted by molar-refractivity contribution is 7.93. The zero-order valence-corrected chi connectivity index (χ0v) is 11.8. The highest BCUT2D eigenvalue weighted by Crippen LogP contribution is 2.27. The van der Waals surface area contributed by atoms with E-state index in [1.54, 1.807) is 13.0 Å². The quantitative estimate of drug-likeness (QED) is 0.911. The van der Waals surface area contributed by atoms with Crippen molar-refractivity contribution in [2.75, 3.05) is 4.72 Å². The Bertz CT molecular complexity index is 696. The third-order valence-corrected chi connectivity index (χ3v) is 5.20. The molecule has 0 radical (unpaired) electrons. The summed E-state index contributed by atoms with van der Waals surface area (Å²) < 4.78 is 39.8. The molecule has 1 heterocycles. The monoisotopic (exact) mass is 300 g/mol. The van der Waals surface area contributed by atoms with E-state index < -0.39 is 15.8 Å². The molecule has 0 spiro atoms. The standard InChI is InChI=1S/C12H13FN2O2S2/c1-8-12(6-11(7-14)18-8)19(16,17)15-10-4-2-3-9(13)5-10/h2-6,15H,7,14H2,1H3. The Kier molecular flexibility index (Phi) is 3.88. The van der Waals surface area contributed by atoms with Crippen LogP contribution in [0.1, 0.15) is 9.75 Å². The number of nitrogens with one attached hydrogen (secondary N) is 1. The molecule has 0 saturated heterocycles. The van der Waals surface area contributed by atoms with E-state index >= 15 is 0 Å². The van der Waals surface area contributed by atoms with Crippen molar-refractivity contribution in [3.63, 3.8) is 0 Å². The topological polar surface area (TPSA) is 72.2 Å². The van der Waals surface area contributed by atoms with Crippen LogP contribution in [0.3, 0.4) is 0 Å². The molecular weight excluding hydrogens is 287 g/mol. The number of thiophene rings is 1. The molecule has 1 aromatic heterocycles. The molecule has 0 unspecified atom stereocenters. The van der Waals surface area contributed by atoms with Crippen LogP contribution in [-0.2, 0) is 16.6 Å². The summed E-state index contributed by atoms with van der Waals surface area (Å²) in [5, 5.41) is 0. The number of anilines is 1. The van der Waals surface area contributed by atoms with Crippen LogP contribution in [0.2, 0.25) is 0 Å². The van der Waals surface area contributed by atoms with Gasteiger partial charge < -0.3 is 5.73 Å². The van der Waals surface area contributed by atoms with Gasteiger partial charge in [0.15, 0.2) is 0 Å². The molecule has 0 fully saturated rings. The van der Waals surface area contributed by atoms with Gasteiger partial charge in [-0.2, -0.15) is 0 Å². The van der Waals surface area contributed by atoms with Crippen molar-refractivity contribution in [3.05, 3.63) is 45.9 Å². The highest BCUT2D eigenvalue weighted by atomic mass is 32.2. The molecule has 2 aromatic rings. The van der Waals surface area contributed by atoms with Crippen LogP contribution in [0.15, 0.2) is 35.2 Å². The molecule has 3 N–H and O–H groups in total. The van der Waals surface area contributed by atoms with Crippen molar-refractivity contribution in [2.45, 2.75) is 18.4 Å². The second kappa shape index (κ2) is 5.28. The summed E-state index contributed by atoms with van der Waals surface area (Å²) in [5.41, 5.74) is 5.69. The second-order valence-electron chi connectivity index (χ2n) is 3.95. The lowest BCUT2D eigenvalue weighted by molar-refractivity contribution is 0.601. The van der Waals surface area contributed by atoms with Crippen LogP contribution >= 0.6 is 11.3 Å². The average Bonchev–Trinajstić information content (AvgIpc) is 2.71. The summed E-state index contributed by atoms with van der Waals surface area (Å²) in [6, 6.07) is 6.86. The van der Waals surface area contributed by atoms with E-state index in [1.165, 1.54) is 29.5 Å². The Morgan fingerprint density at radius 1 is 1.37 bits per heavy atom. The number of aryl methyl sites for hydroxylation is 1.